The Balaban J connectivity index is 0.000000130. The van der Waals surface area contributed by atoms with E-state index in [1.165, 1.54) is 18.2 Å². The molecule has 14 aromatic rings. The van der Waals surface area contributed by atoms with Crippen molar-refractivity contribution in [3.63, 3.8) is 0 Å². The molecule has 10 aromatic heterocycles. The van der Waals surface area contributed by atoms with Crippen molar-refractivity contribution in [3.8, 4) is 50.9 Å². The zero-order valence-electron chi connectivity index (χ0n) is 45.5. The van der Waals surface area contributed by atoms with Gasteiger partial charge >= 0.3 is 0 Å². The zero-order valence-corrected chi connectivity index (χ0v) is 53.1. The molecule has 0 aliphatic heterocycles. The molecule has 0 spiro atoms. The Kier molecular flexibility index (Phi) is 22.7. The number of hydrogen-bond donors (Lipinski definition) is 3. The molecule has 0 saturated carbocycles. The van der Waals surface area contributed by atoms with Gasteiger partial charge in [0.15, 0.2) is 29.6 Å². The minimum atomic E-state index is -0.111. The normalized spacial score (nSPS) is 10.5. The lowest BCUT2D eigenvalue weighted by Gasteiger charge is -2.04. The van der Waals surface area contributed by atoms with E-state index >= 15 is 0 Å². The van der Waals surface area contributed by atoms with Crippen LogP contribution in [0.1, 0.15) is 39.7 Å². The van der Waals surface area contributed by atoms with Crippen molar-refractivity contribution in [3.05, 3.63) is 226 Å². The number of ether oxygens (including phenoxy) is 1. The van der Waals surface area contributed by atoms with E-state index in [2.05, 4.69) is 105 Å². The van der Waals surface area contributed by atoms with Crippen molar-refractivity contribution < 1.29 is 27.9 Å². The zero-order chi connectivity index (χ0) is 59.3. The average Bonchev–Trinajstić information content (AvgIpc) is 4.63. The van der Waals surface area contributed by atoms with Crippen LogP contribution < -0.4 is 15.8 Å². The third-order valence-corrected chi connectivity index (χ3v) is 15.5. The summed E-state index contributed by atoms with van der Waals surface area (Å²) in [4.78, 5) is 28.0. The third-order valence-electron chi connectivity index (χ3n) is 12.2. The summed E-state index contributed by atoms with van der Waals surface area (Å²) in [7, 11) is 0. The molecule has 85 heavy (non-hydrogen) atoms. The van der Waals surface area contributed by atoms with Gasteiger partial charge in [0.1, 0.15) is 73.8 Å². The number of fused-ring (bicyclic) bond motifs is 3. The summed E-state index contributed by atoms with van der Waals surface area (Å²) in [5.74, 6) is 4.02. The van der Waals surface area contributed by atoms with Gasteiger partial charge in [0, 0.05) is 83.8 Å². The van der Waals surface area contributed by atoms with Gasteiger partial charge in [-0.1, -0.05) is 154 Å². The van der Waals surface area contributed by atoms with Gasteiger partial charge in [-0.05, 0) is 53.6 Å². The molecule has 18 nitrogen and oxygen atoms in total. The van der Waals surface area contributed by atoms with Gasteiger partial charge in [-0.15, -0.1) is 34.0 Å². The predicted octanol–water partition coefficient (Wildman–Crippen LogP) is 16.6. The summed E-state index contributed by atoms with van der Waals surface area (Å²) in [6.45, 7) is 7.18. The summed E-state index contributed by atoms with van der Waals surface area (Å²) < 4.78 is 26.4. The number of thiophene rings is 3. The Bertz CT molecular complexity index is 4060. The lowest BCUT2D eigenvalue weighted by molar-refractivity contribution is 0.229. The molecule has 0 amide bonds. The Morgan fingerprint density at radius 3 is 1.35 bits per heavy atom. The number of anilines is 1. The number of aromatic nitrogens is 10. The molecule has 14 rings (SSSR count). The number of benzene rings is 4. The van der Waals surface area contributed by atoms with E-state index in [9.17, 15) is 0 Å². The largest absolute Gasteiger partial charge is 0.469 e. The second kappa shape index (κ2) is 31.3. The molecule has 430 valence electrons. The van der Waals surface area contributed by atoms with Crippen LogP contribution in [0, 0.1) is 20.8 Å². The van der Waals surface area contributed by atoms with Crippen LogP contribution in [-0.4, -0.2) is 55.6 Å². The molecule has 0 unspecified atom stereocenters. The van der Waals surface area contributed by atoms with E-state index in [1.807, 2.05) is 164 Å². The van der Waals surface area contributed by atoms with Crippen molar-refractivity contribution in [1.82, 2.24) is 50.5 Å². The van der Waals surface area contributed by atoms with Crippen LogP contribution in [0.3, 0.4) is 0 Å². The van der Waals surface area contributed by atoms with Crippen LogP contribution in [0.2, 0.25) is 5.15 Å². The first-order valence-corrected chi connectivity index (χ1v) is 35.1. The number of aliphatic hydroxyl groups is 1. The molecule has 0 fully saturated rings. The summed E-state index contributed by atoms with van der Waals surface area (Å²) in [5.41, 5.74) is 16.2. The monoisotopic (exact) mass is 1430 g/mol. The van der Waals surface area contributed by atoms with Crippen molar-refractivity contribution in [2.75, 3.05) is 5.32 Å². The highest BCUT2D eigenvalue weighted by molar-refractivity contribution is 15.0. The maximum atomic E-state index is 8.76. The molecule has 0 aliphatic carbocycles. The van der Waals surface area contributed by atoms with Crippen LogP contribution in [0.25, 0.3) is 75.7 Å². The number of nitrogens with one attached hydrogen (secondary N) is 1. The average molecular weight is 1430 g/mol. The number of aliphatic hydroxyl groups excluding tert-OH is 1. The number of nitrogens with two attached hydrogens (primary N) is 1. The number of hydrogen-bond acceptors (Lipinski definition) is 21. The van der Waals surface area contributed by atoms with Crippen LogP contribution in [0.4, 0.5) is 5.82 Å². The summed E-state index contributed by atoms with van der Waals surface area (Å²) in [5, 5.41) is 37.7. The molecule has 4 N–H and O–H groups in total. The van der Waals surface area contributed by atoms with Crippen LogP contribution >= 0.6 is 82.8 Å². The minimum Gasteiger partial charge on any atom is -0.469 e. The van der Waals surface area contributed by atoms with E-state index in [4.69, 9.17) is 45.3 Å². The highest BCUT2D eigenvalue weighted by atomic mass is 128. The number of rotatable bonds is 12. The number of halogens is 3. The molecule has 0 saturated heterocycles. The maximum Gasteiger partial charge on any atom is 0.226 e. The number of nitrogens with zero attached hydrogens (tertiary/aromatic N) is 10. The van der Waals surface area contributed by atoms with E-state index in [1.54, 1.807) is 46.4 Å². The quantitative estimate of drug-likeness (QED) is 0.0759. The van der Waals surface area contributed by atoms with Crippen LogP contribution in [-0.2, 0) is 26.3 Å². The van der Waals surface area contributed by atoms with Gasteiger partial charge in [-0.3, -0.25) is 0 Å². The highest BCUT2D eigenvalue weighted by Crippen LogP contribution is 2.32. The molecule has 4 aromatic carbocycles. The summed E-state index contributed by atoms with van der Waals surface area (Å²) in [6, 6.07) is 46.8. The van der Waals surface area contributed by atoms with Gasteiger partial charge < -0.3 is 39.0 Å². The first kappa shape index (κ1) is 61.7. The Morgan fingerprint density at radius 1 is 0.494 bits per heavy atom. The van der Waals surface area contributed by atoms with Gasteiger partial charge in [0.05, 0.1) is 29.2 Å². The SMILES string of the molecule is Cc1csc2ncnc(Cl)c12.Cc1csc2ncnc(NCc3cc(-c4ccccc4)no3)c12.Cc1csc2ncnc(OCc3cc(-c4ccccc4)no3)c12.II.NCc1cc(-c2ccccc2)no1.OCc1cc(-c2ccccc2)no1. The standard InChI is InChI=1S/C17H14N4OS.C17H13N3O2S.C10H10N2O.C10H9NO2.C7H5ClN2S.I2/c1-11-9-23-17-15(11)16(19-10-20-17)18-8-13-7-14(21-22-13)12-5-3-2-4-6-12;1-11-9-23-17-15(11)16(18-10-19-17)21-8-13-7-14(20-22-13)12-5-3-2-4-6-12;11-7-9-6-10(12-13-9)8-4-2-1-3-5-8;12-7-9-6-10(11-13-9)8-4-2-1-3-5-8;1-4-2-11-7-5(4)6(8)9-3-10-7;1-2/h2-7,9-10H,8H2,1H3,(H,18,19,20);2-7,9-10H,8H2,1H3;1-6H,7,11H2;1-6,12H,7H2;2-3H,1H3;. The third kappa shape index (κ3) is 16.5. The topological polar surface area (TPSA) is 249 Å². The van der Waals surface area contributed by atoms with Gasteiger partial charge in [-0.2, -0.15) is 0 Å². The fourth-order valence-electron chi connectivity index (χ4n) is 8.08. The fourth-order valence-corrected chi connectivity index (χ4v) is 11.1. The van der Waals surface area contributed by atoms with E-state index in [-0.39, 0.29) is 13.2 Å². The Labute approximate surface area is 527 Å². The molecule has 0 bridgehead atoms. The lowest BCUT2D eigenvalue weighted by Crippen LogP contribution is -2.01. The van der Waals surface area contributed by atoms with Crippen molar-refractivity contribution in [2.24, 2.45) is 5.73 Å². The van der Waals surface area contributed by atoms with Crippen molar-refractivity contribution >= 4 is 119 Å². The fraction of sp³-hybridized carbons (Fsp3) is 0.115. The Hall–Kier alpha value is -7.89. The Morgan fingerprint density at radius 2 is 0.882 bits per heavy atom. The first-order valence-electron chi connectivity index (χ1n) is 25.8. The highest BCUT2D eigenvalue weighted by Gasteiger charge is 2.14. The molecular formula is C61H51ClI2N12O6S3. The molecule has 0 atom stereocenters. The summed E-state index contributed by atoms with van der Waals surface area (Å²) in [6.07, 6.45) is 4.58. The summed E-state index contributed by atoms with van der Waals surface area (Å²) >= 11 is 14.9. The van der Waals surface area contributed by atoms with Gasteiger partial charge in [-0.25, -0.2) is 29.9 Å². The smallest absolute Gasteiger partial charge is 0.226 e. The second-order valence-corrected chi connectivity index (χ2v) is 21.0. The van der Waals surface area contributed by atoms with Crippen molar-refractivity contribution in [1.29, 1.82) is 0 Å². The molecular weight excluding hydrogens is 1380 g/mol. The molecule has 0 radical (unpaired) electrons. The van der Waals surface area contributed by atoms with Crippen LogP contribution in [0.5, 0.6) is 5.88 Å². The lowest BCUT2D eigenvalue weighted by atomic mass is 10.1. The number of aryl methyl sites for hydroxylation is 3. The van der Waals surface area contributed by atoms with Crippen LogP contribution in [0.15, 0.2) is 199 Å². The molecule has 0 aliphatic rings. The van der Waals surface area contributed by atoms with E-state index in [0.29, 0.717) is 41.4 Å². The van der Waals surface area contributed by atoms with E-state index < -0.39 is 0 Å². The van der Waals surface area contributed by atoms with E-state index in [0.717, 1.165) is 98.4 Å². The minimum absolute atomic E-state index is 0.111. The van der Waals surface area contributed by atoms with Gasteiger partial charge in [0.2, 0.25) is 5.88 Å². The first-order chi connectivity index (χ1) is 41.7. The maximum absolute atomic E-state index is 8.76. The van der Waals surface area contributed by atoms with Crippen molar-refractivity contribution in [2.45, 2.75) is 47.1 Å². The second-order valence-electron chi connectivity index (χ2n) is 18.0. The van der Waals surface area contributed by atoms with Gasteiger partial charge in [0.25, 0.3) is 0 Å². The molecule has 24 heteroatoms. The predicted molar refractivity (Wildman–Crippen MR) is 353 cm³/mol. The molecule has 10 heterocycles.